The molecule has 1 heterocycles. The molecule has 4 unspecified atom stereocenters. The molecule has 3 aliphatic carbocycles. The Kier molecular flexibility index (Phi) is 8.22. The number of carbonyl (C=O) groups is 2. The average Bonchev–Trinajstić information content (AvgIpc) is 3.36. The van der Waals surface area contributed by atoms with Crippen molar-refractivity contribution in [3.05, 3.63) is 53.4 Å². The van der Waals surface area contributed by atoms with Crippen molar-refractivity contribution in [1.29, 1.82) is 0 Å². The molecule has 1 amide bonds. The summed E-state index contributed by atoms with van der Waals surface area (Å²) in [6, 6.07) is 2.93. The van der Waals surface area contributed by atoms with Crippen LogP contribution in [0.1, 0.15) is 51.9 Å². The van der Waals surface area contributed by atoms with E-state index in [0.717, 1.165) is 30.3 Å². The number of hydrogen-bond donors (Lipinski definition) is 1. The van der Waals surface area contributed by atoms with Gasteiger partial charge in [-0.2, -0.15) is 26.3 Å². The first-order valence-corrected chi connectivity index (χ1v) is 16.0. The van der Waals surface area contributed by atoms with Crippen LogP contribution in [-0.4, -0.2) is 65.7 Å². The van der Waals surface area contributed by atoms with E-state index in [-0.39, 0.29) is 56.6 Å². The summed E-state index contributed by atoms with van der Waals surface area (Å²) in [4.78, 5) is 26.4. The molecule has 0 aromatic heterocycles. The van der Waals surface area contributed by atoms with Crippen LogP contribution in [0.15, 0.2) is 52.5 Å². The number of nitrogens with zero attached hydrogens (tertiary/aromatic N) is 1. The predicted octanol–water partition coefficient (Wildman–Crippen LogP) is 6.58. The van der Waals surface area contributed by atoms with E-state index >= 15 is 4.39 Å². The molecule has 15 heteroatoms. The van der Waals surface area contributed by atoms with Crippen molar-refractivity contribution in [1.82, 2.24) is 4.90 Å². The highest BCUT2D eigenvalue weighted by atomic mass is 32.2. The molecule has 5 rings (SSSR count). The molecule has 1 aromatic rings. The van der Waals surface area contributed by atoms with Crippen LogP contribution in [0.5, 0.6) is 0 Å². The van der Waals surface area contributed by atoms with Gasteiger partial charge in [-0.25, -0.2) is 17.2 Å². The van der Waals surface area contributed by atoms with Crippen LogP contribution in [0.3, 0.4) is 0 Å². The maximum Gasteiger partial charge on any atom is 0.435 e. The number of alkyl halides is 7. The topological polar surface area (TPSA) is 91.8 Å². The van der Waals surface area contributed by atoms with E-state index in [1.807, 2.05) is 0 Å². The lowest BCUT2D eigenvalue weighted by Crippen LogP contribution is -2.59. The van der Waals surface area contributed by atoms with Crippen LogP contribution in [0, 0.1) is 29.5 Å². The summed E-state index contributed by atoms with van der Waals surface area (Å²) >= 11 is 0. The van der Waals surface area contributed by atoms with Crippen LogP contribution in [-0.2, 0) is 19.4 Å². The van der Waals surface area contributed by atoms with E-state index in [0.29, 0.717) is 6.08 Å². The van der Waals surface area contributed by atoms with Gasteiger partial charge in [-0.1, -0.05) is 25.1 Å². The van der Waals surface area contributed by atoms with Gasteiger partial charge in [0.15, 0.2) is 9.84 Å². The molecular weight excluding hydrogens is 638 g/mol. The van der Waals surface area contributed by atoms with Gasteiger partial charge in [0, 0.05) is 12.5 Å². The Morgan fingerprint density at radius 3 is 2.22 bits per heavy atom. The summed E-state index contributed by atoms with van der Waals surface area (Å²) in [6.45, 7) is 1.58. The number of likely N-dealkylation sites (tertiary alicyclic amines) is 1. The Labute approximate surface area is 254 Å². The van der Waals surface area contributed by atoms with Gasteiger partial charge in [0.1, 0.15) is 10.6 Å². The molecule has 3 fully saturated rings. The van der Waals surface area contributed by atoms with Crippen molar-refractivity contribution >= 4 is 21.7 Å². The zero-order chi connectivity index (χ0) is 33.3. The van der Waals surface area contributed by atoms with Crippen molar-refractivity contribution < 1.29 is 58.2 Å². The number of carbonyl (C=O) groups excluding carboxylic acids is 1. The molecule has 6 nitrogen and oxygen atoms in total. The molecule has 1 N–H and O–H groups in total. The standard InChI is InChI=1S/C30H31F8NO5S/c1-16-13-18(5-8-22(16)26(41)42)25(40)39-12-11-27(45(43,44)21-4-2-3-20(31)15-21)23-9-7-19(14-17(23)6-10-24(27)39)28(32,29(33,34)35)30(36,37)38/h2-4,7,9,15-18,22,24H,5-6,8,10-14H2,1H3,(H,41,42)/t16-,17?,18?,22+,24?,27?/m0/s1. The Morgan fingerprint density at radius 1 is 0.978 bits per heavy atom. The highest BCUT2D eigenvalue weighted by molar-refractivity contribution is 7.93. The predicted molar refractivity (Wildman–Crippen MR) is 144 cm³/mol. The first kappa shape index (κ1) is 33.4. The number of carboxylic acids is 1. The number of benzene rings is 1. The fourth-order valence-electron chi connectivity index (χ4n) is 8.04. The fraction of sp³-hybridized carbons (Fsp3) is 0.600. The summed E-state index contributed by atoms with van der Waals surface area (Å²) in [6.07, 6.45) is -12.4. The third kappa shape index (κ3) is 5.07. The van der Waals surface area contributed by atoms with E-state index in [1.54, 1.807) is 6.92 Å². The Hall–Kier alpha value is -2.97. The van der Waals surface area contributed by atoms with Crippen molar-refractivity contribution in [2.45, 2.75) is 85.6 Å². The maximum atomic E-state index is 15.0. The monoisotopic (exact) mass is 669 g/mol. The van der Waals surface area contributed by atoms with Crippen LogP contribution < -0.4 is 0 Å². The van der Waals surface area contributed by atoms with Gasteiger partial charge < -0.3 is 10.0 Å². The van der Waals surface area contributed by atoms with Gasteiger partial charge in [-0.05, 0) is 86.1 Å². The van der Waals surface area contributed by atoms with Crippen molar-refractivity contribution in [2.24, 2.45) is 23.7 Å². The zero-order valence-electron chi connectivity index (χ0n) is 24.0. The molecule has 2 saturated carbocycles. The lowest BCUT2D eigenvalue weighted by molar-refractivity contribution is -0.327. The molecule has 4 aliphatic rings. The zero-order valence-corrected chi connectivity index (χ0v) is 24.8. The second-order valence-electron chi connectivity index (χ2n) is 12.5. The quantitative estimate of drug-likeness (QED) is 0.358. The van der Waals surface area contributed by atoms with Crippen molar-refractivity contribution in [3.63, 3.8) is 0 Å². The first-order chi connectivity index (χ1) is 20.8. The lowest BCUT2D eigenvalue weighted by atomic mass is 9.67. The highest BCUT2D eigenvalue weighted by Gasteiger charge is 2.75. The molecule has 1 aliphatic heterocycles. The Bertz CT molecular complexity index is 1540. The Morgan fingerprint density at radius 2 is 1.64 bits per heavy atom. The number of allylic oxidation sites excluding steroid dienone is 3. The number of fused-ring (bicyclic) bond motifs is 3. The van der Waals surface area contributed by atoms with Crippen molar-refractivity contribution in [3.8, 4) is 0 Å². The normalized spacial score (nSPS) is 31.0. The summed E-state index contributed by atoms with van der Waals surface area (Å²) in [5.41, 5.74) is -7.30. The first-order valence-electron chi connectivity index (χ1n) is 14.5. The minimum absolute atomic E-state index is 0.0447. The number of halogens is 8. The summed E-state index contributed by atoms with van der Waals surface area (Å²) in [7, 11) is -4.64. The number of aliphatic carboxylic acids is 1. The van der Waals surface area contributed by atoms with Crippen LogP contribution in [0.2, 0.25) is 0 Å². The van der Waals surface area contributed by atoms with E-state index < -0.39 is 91.0 Å². The third-order valence-electron chi connectivity index (χ3n) is 10.2. The molecule has 1 saturated heterocycles. The van der Waals surface area contributed by atoms with Gasteiger partial charge in [-0.3, -0.25) is 9.59 Å². The van der Waals surface area contributed by atoms with Crippen LogP contribution >= 0.6 is 0 Å². The third-order valence-corrected chi connectivity index (χ3v) is 12.8. The van der Waals surface area contributed by atoms with Gasteiger partial charge >= 0.3 is 24.0 Å². The second-order valence-corrected chi connectivity index (χ2v) is 14.7. The molecule has 1 aromatic carbocycles. The number of amides is 1. The molecule has 45 heavy (non-hydrogen) atoms. The number of sulfone groups is 1. The molecule has 0 bridgehead atoms. The highest BCUT2D eigenvalue weighted by Crippen LogP contribution is 2.59. The number of carboxylic acid groups (broad SMARTS) is 1. The second kappa shape index (κ2) is 11.1. The van der Waals surface area contributed by atoms with Gasteiger partial charge in [0.05, 0.1) is 16.9 Å². The lowest BCUT2D eigenvalue weighted by Gasteiger charge is -2.48. The number of rotatable bonds is 5. The summed E-state index contributed by atoms with van der Waals surface area (Å²) in [5.74, 6) is -5.17. The fourth-order valence-corrected chi connectivity index (χ4v) is 10.5. The minimum atomic E-state index is -6.34. The molecule has 248 valence electrons. The minimum Gasteiger partial charge on any atom is -0.481 e. The summed E-state index contributed by atoms with van der Waals surface area (Å²) in [5, 5.41) is 9.47. The average molecular weight is 670 g/mol. The maximum absolute atomic E-state index is 15.0. The Balaban J connectivity index is 1.61. The smallest absolute Gasteiger partial charge is 0.435 e. The number of hydrogen-bond acceptors (Lipinski definition) is 4. The molecular formula is C30H31F8NO5S. The van der Waals surface area contributed by atoms with Crippen molar-refractivity contribution in [2.75, 3.05) is 6.54 Å². The molecule has 0 radical (unpaired) electrons. The van der Waals surface area contributed by atoms with Crippen LogP contribution in [0.4, 0.5) is 35.1 Å². The van der Waals surface area contributed by atoms with Crippen LogP contribution in [0.25, 0.3) is 0 Å². The van der Waals surface area contributed by atoms with Gasteiger partial charge in [0.25, 0.3) is 0 Å². The summed E-state index contributed by atoms with van der Waals surface area (Å²) < 4.78 is 138. The van der Waals surface area contributed by atoms with E-state index in [9.17, 15) is 53.8 Å². The van der Waals surface area contributed by atoms with Gasteiger partial charge in [0.2, 0.25) is 5.91 Å². The molecule has 0 spiro atoms. The molecule has 6 atom stereocenters. The van der Waals surface area contributed by atoms with Gasteiger partial charge in [-0.15, -0.1) is 0 Å². The largest absolute Gasteiger partial charge is 0.481 e. The van der Waals surface area contributed by atoms with E-state index in [4.69, 9.17) is 0 Å². The SMILES string of the molecule is C[C@H]1CC(C(=O)N2CCC3(S(=O)(=O)c4cccc(F)c4)C4=CC=C(C(F)(C(F)(F)F)C(F)(F)F)CC4CCC23)CC[C@H]1C(=O)O. The van der Waals surface area contributed by atoms with E-state index in [2.05, 4.69) is 0 Å². The van der Waals surface area contributed by atoms with E-state index in [1.165, 1.54) is 4.90 Å².